The highest BCUT2D eigenvalue weighted by Crippen LogP contribution is 2.43. The Bertz CT molecular complexity index is 2730. The Morgan fingerprint density at radius 2 is 1.20 bits per heavy atom. The van der Waals surface area contributed by atoms with Crippen LogP contribution in [-0.2, 0) is 45.1 Å². The Morgan fingerprint density at radius 3 is 1.79 bits per heavy atom. The number of hydrogen-bond acceptors (Lipinski definition) is 12. The van der Waals surface area contributed by atoms with E-state index in [1.165, 1.54) is 18.2 Å². The average Bonchev–Trinajstić information content (AvgIpc) is 3.87. The average molecular weight is 952 g/mol. The second-order valence-corrected chi connectivity index (χ2v) is 18.7. The first-order chi connectivity index (χ1) is 34.0. The van der Waals surface area contributed by atoms with Crippen molar-refractivity contribution in [3.63, 3.8) is 0 Å². The summed E-state index contributed by atoms with van der Waals surface area (Å²) in [7, 11) is 7.06. The zero-order valence-corrected chi connectivity index (χ0v) is 41.3. The van der Waals surface area contributed by atoms with Gasteiger partial charge in [-0.3, -0.25) is 14.4 Å². The number of hydrogen-bond donors (Lipinski definition) is 0. The minimum absolute atomic E-state index is 0.00140. The molecule has 368 valence electrons. The highest BCUT2D eigenvalue weighted by atomic mass is 16.5. The fourth-order valence-electron chi connectivity index (χ4n) is 10.4. The van der Waals surface area contributed by atoms with Crippen LogP contribution in [0.15, 0.2) is 91.0 Å². The van der Waals surface area contributed by atoms with Crippen LogP contribution in [0.2, 0.25) is 0 Å². The van der Waals surface area contributed by atoms with Gasteiger partial charge in [0.2, 0.25) is 0 Å². The number of carbonyl (C=O) groups excluding carboxylic acids is 3. The zero-order valence-electron chi connectivity index (χ0n) is 41.3. The van der Waals surface area contributed by atoms with E-state index in [4.69, 9.17) is 28.4 Å². The summed E-state index contributed by atoms with van der Waals surface area (Å²) >= 11 is 0. The highest BCUT2D eigenvalue weighted by molar-refractivity contribution is 6.13. The standard InChI is InChI=1S/C56H65N5O9/c1-7-20-67-22-23-68-21-19-59(18-12-17-54(62)66-6)42-26-38(35-69-51-31-49-45(24-37(51)2)55(63)60-43(33-57(49)3)28-40-13-8-10-15-47(40)60)25-39(27-42)36-70-53-32-50-46(30-52(53)65-5)56(64)61-44(34-58(50)4)29-41-14-9-11-16-48(41)61/h8-11,13-16,24-27,30-32,43-44H,7,12,17-23,28-29,33-36H2,1-6H3/t43-,44-/m0/s1. The number of fused-ring (bicyclic) bond motifs is 8. The molecule has 0 N–H and O–H groups in total. The number of methoxy groups -OCH3 is 2. The van der Waals surface area contributed by atoms with E-state index in [-0.39, 0.29) is 49.5 Å². The Morgan fingerprint density at radius 1 is 0.643 bits per heavy atom. The van der Waals surface area contributed by atoms with Gasteiger partial charge in [-0.25, -0.2) is 0 Å². The van der Waals surface area contributed by atoms with Gasteiger partial charge in [0.15, 0.2) is 11.5 Å². The third kappa shape index (κ3) is 10.1. The van der Waals surface area contributed by atoms with Gasteiger partial charge in [0, 0.05) is 82.5 Å². The number of likely N-dealkylation sites (N-methyl/N-ethyl adjacent to an activating group) is 2. The van der Waals surface area contributed by atoms with Crippen LogP contribution >= 0.6 is 0 Å². The van der Waals surface area contributed by atoms with Crippen LogP contribution in [-0.4, -0.2) is 111 Å². The summed E-state index contributed by atoms with van der Waals surface area (Å²) in [6.07, 6.45) is 3.40. The summed E-state index contributed by atoms with van der Waals surface area (Å²) in [4.78, 5) is 51.3. The van der Waals surface area contributed by atoms with Crippen LogP contribution < -0.4 is 38.7 Å². The molecule has 0 aliphatic carbocycles. The molecule has 0 spiro atoms. The third-order valence-corrected chi connectivity index (χ3v) is 13.9. The molecule has 0 unspecified atom stereocenters. The molecule has 4 aliphatic rings. The third-order valence-electron chi connectivity index (χ3n) is 13.9. The van der Waals surface area contributed by atoms with Gasteiger partial charge < -0.3 is 52.9 Å². The number of anilines is 5. The maximum absolute atomic E-state index is 14.3. The molecular formula is C56H65N5O9. The van der Waals surface area contributed by atoms with Crippen molar-refractivity contribution in [2.24, 2.45) is 0 Å². The Balaban J connectivity index is 0.998. The first kappa shape index (κ1) is 48.3. The Labute approximate surface area is 411 Å². The molecule has 2 atom stereocenters. The minimum atomic E-state index is -0.263. The number of ether oxygens (including phenoxy) is 6. The van der Waals surface area contributed by atoms with Gasteiger partial charge in [-0.15, -0.1) is 0 Å². The quantitative estimate of drug-likeness (QED) is 0.0550. The summed E-state index contributed by atoms with van der Waals surface area (Å²) in [6.45, 7) is 9.11. The van der Waals surface area contributed by atoms with Crippen LogP contribution in [0.4, 0.5) is 28.4 Å². The van der Waals surface area contributed by atoms with Crippen LogP contribution in [0.3, 0.4) is 0 Å². The summed E-state index contributed by atoms with van der Waals surface area (Å²) in [5, 5.41) is 0. The number of carbonyl (C=O) groups is 3. The second kappa shape index (κ2) is 21.5. The zero-order chi connectivity index (χ0) is 48.9. The summed E-state index contributed by atoms with van der Waals surface area (Å²) < 4.78 is 36.0. The molecule has 4 aliphatic heterocycles. The molecule has 0 bridgehead atoms. The number of benzene rings is 5. The van der Waals surface area contributed by atoms with Crippen LogP contribution in [0, 0.1) is 6.92 Å². The van der Waals surface area contributed by atoms with Crippen molar-refractivity contribution in [2.45, 2.75) is 71.2 Å². The lowest BCUT2D eigenvalue weighted by Gasteiger charge is -2.26. The lowest BCUT2D eigenvalue weighted by atomic mass is 10.1. The number of rotatable bonds is 20. The minimum Gasteiger partial charge on any atom is -0.493 e. The van der Waals surface area contributed by atoms with E-state index in [1.807, 2.05) is 85.4 Å². The fraction of sp³-hybridized carbons (Fsp3) is 0.411. The second-order valence-electron chi connectivity index (χ2n) is 18.7. The SMILES string of the molecule is CCCOCCOCCN(CCCC(=O)OC)c1cc(COc2cc3c(cc2C)C(=O)N2c4ccccc4C[C@H]2CN3C)cc(COc2cc3c(cc2OC)C(=O)N2c4ccccc4C[C@H]2CN3C)c1. The van der Waals surface area contributed by atoms with Gasteiger partial charge in [-0.2, -0.15) is 0 Å². The van der Waals surface area contributed by atoms with Crippen LogP contribution in [0.25, 0.3) is 0 Å². The Kier molecular flexibility index (Phi) is 14.8. The molecule has 2 amide bonds. The van der Waals surface area contributed by atoms with Crippen molar-refractivity contribution in [3.8, 4) is 17.2 Å². The lowest BCUT2D eigenvalue weighted by Crippen LogP contribution is -2.41. The normalized spacial score (nSPS) is 16.7. The van der Waals surface area contributed by atoms with E-state index >= 15 is 0 Å². The topological polar surface area (TPSA) is 123 Å². The van der Waals surface area contributed by atoms with Crippen molar-refractivity contribution in [2.75, 3.05) is 105 Å². The molecule has 5 aromatic carbocycles. The smallest absolute Gasteiger partial charge is 0.305 e. The van der Waals surface area contributed by atoms with Crippen molar-refractivity contribution in [3.05, 3.63) is 130 Å². The molecule has 0 fully saturated rings. The molecule has 14 nitrogen and oxygen atoms in total. The summed E-state index contributed by atoms with van der Waals surface area (Å²) in [5.41, 5.74) is 10.7. The Hall–Kier alpha value is -6.77. The maximum atomic E-state index is 14.3. The molecule has 0 aromatic heterocycles. The monoisotopic (exact) mass is 951 g/mol. The van der Waals surface area contributed by atoms with Gasteiger partial charge in [-0.05, 0) is 103 Å². The van der Waals surface area contributed by atoms with E-state index in [0.717, 1.165) is 64.4 Å². The van der Waals surface area contributed by atoms with Gasteiger partial charge in [-0.1, -0.05) is 43.3 Å². The molecule has 14 heteroatoms. The molecule has 4 heterocycles. The molecule has 0 radical (unpaired) electrons. The van der Waals surface area contributed by atoms with E-state index in [0.29, 0.717) is 87.4 Å². The number of aryl methyl sites for hydroxylation is 1. The van der Waals surface area contributed by atoms with Crippen LogP contribution in [0.5, 0.6) is 17.2 Å². The number of amides is 2. The van der Waals surface area contributed by atoms with E-state index in [9.17, 15) is 14.4 Å². The largest absolute Gasteiger partial charge is 0.493 e. The first-order valence-corrected chi connectivity index (χ1v) is 24.5. The van der Waals surface area contributed by atoms with Crippen molar-refractivity contribution < 1.29 is 42.8 Å². The lowest BCUT2D eigenvalue weighted by molar-refractivity contribution is -0.140. The van der Waals surface area contributed by atoms with Gasteiger partial charge in [0.1, 0.15) is 19.0 Å². The van der Waals surface area contributed by atoms with Gasteiger partial charge in [0.25, 0.3) is 11.8 Å². The molecule has 0 saturated heterocycles. The van der Waals surface area contributed by atoms with Gasteiger partial charge in [0.05, 0.1) is 68.6 Å². The summed E-state index contributed by atoms with van der Waals surface area (Å²) in [5.74, 6) is 1.35. The van der Waals surface area contributed by atoms with Crippen molar-refractivity contribution >= 4 is 46.2 Å². The van der Waals surface area contributed by atoms with Gasteiger partial charge >= 0.3 is 5.97 Å². The van der Waals surface area contributed by atoms with Crippen molar-refractivity contribution in [1.82, 2.24) is 0 Å². The van der Waals surface area contributed by atoms with Crippen LogP contribution in [0.1, 0.15) is 74.7 Å². The van der Waals surface area contributed by atoms with E-state index in [2.05, 4.69) is 52.0 Å². The first-order valence-electron chi connectivity index (χ1n) is 24.5. The summed E-state index contributed by atoms with van der Waals surface area (Å²) in [6, 6.07) is 30.3. The number of para-hydroxylation sites is 2. The highest BCUT2D eigenvalue weighted by Gasteiger charge is 2.41. The molecule has 70 heavy (non-hydrogen) atoms. The predicted molar refractivity (Wildman–Crippen MR) is 273 cm³/mol. The molecular weight excluding hydrogens is 887 g/mol. The molecule has 9 rings (SSSR count). The molecule has 0 saturated carbocycles. The number of esters is 1. The van der Waals surface area contributed by atoms with E-state index < -0.39 is 0 Å². The fourth-order valence-corrected chi connectivity index (χ4v) is 10.4. The van der Waals surface area contributed by atoms with E-state index in [1.54, 1.807) is 13.2 Å². The molecule has 5 aromatic rings. The predicted octanol–water partition coefficient (Wildman–Crippen LogP) is 8.41. The maximum Gasteiger partial charge on any atom is 0.305 e. The van der Waals surface area contributed by atoms with Crippen molar-refractivity contribution in [1.29, 1.82) is 0 Å². The number of nitrogens with zero attached hydrogens (tertiary/aromatic N) is 5.